The van der Waals surface area contributed by atoms with Crippen LogP contribution in [0.5, 0.6) is 0 Å². The van der Waals surface area contributed by atoms with Crippen molar-refractivity contribution >= 4 is 11.7 Å². The molecule has 0 heterocycles. The van der Waals surface area contributed by atoms with Gasteiger partial charge < -0.3 is 15.1 Å². The molecule has 0 unspecified atom stereocenters. The summed E-state index contributed by atoms with van der Waals surface area (Å²) in [6.45, 7) is 3.73. The van der Waals surface area contributed by atoms with Crippen molar-refractivity contribution < 1.29 is 23.8 Å². The highest BCUT2D eigenvalue weighted by molar-refractivity contribution is 5.88. The van der Waals surface area contributed by atoms with Crippen molar-refractivity contribution in [3.05, 3.63) is 29.3 Å². The highest BCUT2D eigenvalue weighted by atomic mass is 19.1. The van der Waals surface area contributed by atoms with Crippen molar-refractivity contribution in [2.45, 2.75) is 26.3 Å². The highest BCUT2D eigenvalue weighted by Crippen LogP contribution is 2.27. The molecule has 106 valence electrons. The predicted molar refractivity (Wildman–Crippen MR) is 67.5 cm³/mol. The Morgan fingerprint density at radius 2 is 1.84 bits per heavy atom. The van der Waals surface area contributed by atoms with Crippen LogP contribution in [0.1, 0.15) is 30.6 Å². The van der Waals surface area contributed by atoms with E-state index in [0.29, 0.717) is 6.42 Å². The van der Waals surface area contributed by atoms with Crippen molar-refractivity contribution in [3.63, 3.8) is 0 Å². The van der Waals surface area contributed by atoms with E-state index in [0.717, 1.165) is 12.1 Å². The quantitative estimate of drug-likeness (QED) is 0.834. The molecule has 0 amide bonds. The van der Waals surface area contributed by atoms with E-state index in [9.17, 15) is 13.6 Å². The van der Waals surface area contributed by atoms with Crippen LogP contribution in [0.4, 0.5) is 14.5 Å². The first-order valence-electron chi connectivity index (χ1n) is 5.98. The van der Waals surface area contributed by atoms with Crippen LogP contribution in [0.3, 0.4) is 0 Å². The van der Waals surface area contributed by atoms with E-state index < -0.39 is 23.2 Å². The molecule has 0 fully saturated rings. The molecule has 0 aliphatic heterocycles. The number of halogens is 2. The van der Waals surface area contributed by atoms with Gasteiger partial charge in [0, 0.05) is 19.2 Å². The first kappa shape index (κ1) is 15.4. The topological polar surface area (TPSA) is 60.8 Å². The third-order valence-electron chi connectivity index (χ3n) is 2.73. The lowest BCUT2D eigenvalue weighted by molar-refractivity contribution is 0.0695. The van der Waals surface area contributed by atoms with Gasteiger partial charge in [-0.3, -0.25) is 0 Å². The Labute approximate surface area is 110 Å². The zero-order valence-electron chi connectivity index (χ0n) is 10.9. The molecule has 4 nitrogen and oxygen atoms in total. The standard InChI is InChI=1S/C13H17F2NO3/c1-8(2)16(4-3-5-17)12-10(14)6-9(13(18)19)7-11(12)15/h6-8,17H,3-5H2,1-2H3,(H,18,19). The highest BCUT2D eigenvalue weighted by Gasteiger charge is 2.21. The third-order valence-corrected chi connectivity index (χ3v) is 2.73. The number of nitrogens with zero attached hydrogens (tertiary/aromatic N) is 1. The number of aliphatic hydroxyl groups is 1. The minimum absolute atomic E-state index is 0.0837. The van der Waals surface area contributed by atoms with Gasteiger partial charge in [0.05, 0.1) is 5.56 Å². The number of carbonyl (C=O) groups is 1. The van der Waals surface area contributed by atoms with Crippen molar-refractivity contribution in [1.82, 2.24) is 0 Å². The van der Waals surface area contributed by atoms with E-state index in [1.165, 1.54) is 4.90 Å². The van der Waals surface area contributed by atoms with Gasteiger partial charge in [-0.25, -0.2) is 13.6 Å². The number of aromatic carboxylic acids is 1. The third kappa shape index (κ3) is 3.64. The molecule has 0 saturated heterocycles. The molecule has 0 saturated carbocycles. The van der Waals surface area contributed by atoms with Crippen LogP contribution in [-0.4, -0.2) is 35.4 Å². The molecule has 19 heavy (non-hydrogen) atoms. The van der Waals surface area contributed by atoms with Crippen LogP contribution < -0.4 is 4.90 Å². The summed E-state index contributed by atoms with van der Waals surface area (Å²) in [6, 6.07) is 1.43. The average molecular weight is 273 g/mol. The maximum Gasteiger partial charge on any atom is 0.335 e. The Kier molecular flexibility index (Phi) is 5.23. The molecule has 0 spiro atoms. The number of aliphatic hydroxyl groups excluding tert-OH is 1. The minimum atomic E-state index is -1.38. The number of carboxylic acids is 1. The second-order valence-electron chi connectivity index (χ2n) is 4.46. The summed E-state index contributed by atoms with van der Waals surface area (Å²) in [4.78, 5) is 12.2. The molecule has 0 aliphatic carbocycles. The van der Waals surface area contributed by atoms with Crippen LogP contribution in [0, 0.1) is 11.6 Å². The van der Waals surface area contributed by atoms with Gasteiger partial charge >= 0.3 is 5.97 Å². The fourth-order valence-corrected chi connectivity index (χ4v) is 1.83. The smallest absolute Gasteiger partial charge is 0.335 e. The minimum Gasteiger partial charge on any atom is -0.478 e. The first-order chi connectivity index (χ1) is 8.88. The van der Waals surface area contributed by atoms with E-state index in [1.54, 1.807) is 13.8 Å². The fraction of sp³-hybridized carbons (Fsp3) is 0.462. The summed E-state index contributed by atoms with van der Waals surface area (Å²) in [6.07, 6.45) is 0.373. The molecule has 1 rings (SSSR count). The van der Waals surface area contributed by atoms with Crippen LogP contribution in [0.15, 0.2) is 12.1 Å². The van der Waals surface area contributed by atoms with Crippen molar-refractivity contribution in [2.75, 3.05) is 18.1 Å². The molecule has 0 bridgehead atoms. The van der Waals surface area contributed by atoms with Gasteiger partial charge in [0.15, 0.2) is 0 Å². The monoisotopic (exact) mass is 273 g/mol. The average Bonchev–Trinajstić information content (AvgIpc) is 2.31. The predicted octanol–water partition coefficient (Wildman–Crippen LogP) is 2.26. The van der Waals surface area contributed by atoms with Crippen molar-refractivity contribution in [1.29, 1.82) is 0 Å². The zero-order valence-corrected chi connectivity index (χ0v) is 10.9. The van der Waals surface area contributed by atoms with E-state index >= 15 is 0 Å². The van der Waals surface area contributed by atoms with Crippen LogP contribution >= 0.6 is 0 Å². The van der Waals surface area contributed by atoms with Gasteiger partial charge in [-0.2, -0.15) is 0 Å². The number of hydrogen-bond donors (Lipinski definition) is 2. The Morgan fingerprint density at radius 3 is 2.21 bits per heavy atom. The largest absolute Gasteiger partial charge is 0.478 e. The van der Waals surface area contributed by atoms with E-state index in [1.807, 2.05) is 0 Å². The van der Waals surface area contributed by atoms with Crippen LogP contribution in [-0.2, 0) is 0 Å². The lowest BCUT2D eigenvalue weighted by atomic mass is 10.1. The normalized spacial score (nSPS) is 10.8. The second-order valence-corrected chi connectivity index (χ2v) is 4.46. The van der Waals surface area contributed by atoms with Crippen molar-refractivity contribution in [2.24, 2.45) is 0 Å². The summed E-state index contributed by atoms with van der Waals surface area (Å²) in [5, 5.41) is 17.5. The van der Waals surface area contributed by atoms with Crippen LogP contribution in [0.2, 0.25) is 0 Å². The van der Waals surface area contributed by atoms with Gasteiger partial charge in [-0.05, 0) is 32.4 Å². The summed E-state index contributed by atoms with van der Waals surface area (Å²) in [5.74, 6) is -3.20. The summed E-state index contributed by atoms with van der Waals surface area (Å²) < 4.78 is 27.8. The van der Waals surface area contributed by atoms with E-state index in [4.69, 9.17) is 10.2 Å². The Hall–Kier alpha value is -1.69. The molecule has 0 aliphatic rings. The van der Waals surface area contributed by atoms with E-state index in [2.05, 4.69) is 0 Å². The molecular weight excluding hydrogens is 256 g/mol. The molecule has 0 aromatic heterocycles. The Balaban J connectivity index is 3.19. The van der Waals surface area contributed by atoms with E-state index in [-0.39, 0.29) is 24.9 Å². The zero-order chi connectivity index (χ0) is 14.6. The Bertz CT molecular complexity index is 440. The SMILES string of the molecule is CC(C)N(CCCO)c1c(F)cc(C(=O)O)cc1F. The summed E-state index contributed by atoms with van der Waals surface area (Å²) in [7, 11) is 0. The number of hydrogen-bond acceptors (Lipinski definition) is 3. The Morgan fingerprint density at radius 1 is 1.32 bits per heavy atom. The molecule has 0 radical (unpaired) electrons. The van der Waals surface area contributed by atoms with Gasteiger partial charge in [0.2, 0.25) is 0 Å². The van der Waals surface area contributed by atoms with Gasteiger partial charge in [0.1, 0.15) is 17.3 Å². The molecule has 6 heteroatoms. The number of anilines is 1. The van der Waals surface area contributed by atoms with Gasteiger partial charge in [0.25, 0.3) is 0 Å². The first-order valence-corrected chi connectivity index (χ1v) is 5.98. The molecule has 1 aromatic rings. The summed E-state index contributed by atoms with van der Waals surface area (Å²) in [5.41, 5.74) is -0.682. The number of benzene rings is 1. The molecule has 1 aromatic carbocycles. The molecule has 0 atom stereocenters. The number of carboxylic acid groups (broad SMARTS) is 1. The second kappa shape index (κ2) is 6.47. The maximum atomic E-state index is 13.9. The fourth-order valence-electron chi connectivity index (χ4n) is 1.83. The van der Waals surface area contributed by atoms with Crippen molar-refractivity contribution in [3.8, 4) is 0 Å². The lowest BCUT2D eigenvalue weighted by Crippen LogP contribution is -2.34. The molecular formula is C13H17F2NO3. The lowest BCUT2D eigenvalue weighted by Gasteiger charge is -2.29. The summed E-state index contributed by atoms with van der Waals surface area (Å²) >= 11 is 0. The van der Waals surface area contributed by atoms with Gasteiger partial charge in [-0.1, -0.05) is 0 Å². The molecule has 2 N–H and O–H groups in total. The van der Waals surface area contributed by atoms with Gasteiger partial charge in [-0.15, -0.1) is 0 Å². The van der Waals surface area contributed by atoms with Crippen LogP contribution in [0.25, 0.3) is 0 Å². The number of rotatable bonds is 6. The maximum absolute atomic E-state index is 13.9.